The molecule has 31 heavy (non-hydrogen) atoms. The summed E-state index contributed by atoms with van der Waals surface area (Å²) in [6.07, 6.45) is 4.34. The first-order chi connectivity index (χ1) is 15.0. The molecule has 0 aromatic heterocycles. The molecule has 1 aliphatic carbocycles. The van der Waals surface area contributed by atoms with Crippen LogP contribution in [0.3, 0.4) is 0 Å². The number of nitrogens with zero attached hydrogens (tertiary/aromatic N) is 2. The van der Waals surface area contributed by atoms with Gasteiger partial charge in [0.2, 0.25) is 0 Å². The fraction of sp³-hybridized carbons (Fsp3) is 0.500. The first-order valence-electron chi connectivity index (χ1n) is 11.6. The summed E-state index contributed by atoms with van der Waals surface area (Å²) in [7, 11) is 0. The normalized spacial score (nSPS) is 25.7. The van der Waals surface area contributed by atoms with Gasteiger partial charge in [0.15, 0.2) is 0 Å². The van der Waals surface area contributed by atoms with Crippen LogP contribution < -0.4 is 4.90 Å². The Morgan fingerprint density at radius 2 is 1.87 bits per heavy atom. The number of anilines is 1. The summed E-state index contributed by atoms with van der Waals surface area (Å²) in [6, 6.07) is 14.1. The molecule has 4 rings (SSSR count). The van der Waals surface area contributed by atoms with E-state index >= 15 is 0 Å². The molecule has 4 nitrogen and oxygen atoms in total. The van der Waals surface area contributed by atoms with Crippen LogP contribution >= 0.6 is 0 Å². The standard InChI is InChI=1S/C26H33FN2O2/c1-3-28(4-2)22-13-11-19(12-14-22)24-23-10-5-6-15-26(23,31)16-17-29(24)25(30)20-8-7-9-21(27)18-20/h7-9,11-14,18,23-24,31H,3-6,10,15-17H2,1-2H3/t23-,24+,26+/m1/s1. The Morgan fingerprint density at radius 1 is 1.13 bits per heavy atom. The monoisotopic (exact) mass is 424 g/mol. The highest BCUT2D eigenvalue weighted by Gasteiger charge is 2.50. The Hall–Kier alpha value is -2.40. The predicted octanol–water partition coefficient (Wildman–Crippen LogP) is 5.18. The van der Waals surface area contributed by atoms with Crippen LogP contribution in [0.4, 0.5) is 10.1 Å². The van der Waals surface area contributed by atoms with Gasteiger partial charge in [0.1, 0.15) is 5.82 Å². The van der Waals surface area contributed by atoms with Crippen LogP contribution in [0.2, 0.25) is 0 Å². The van der Waals surface area contributed by atoms with E-state index in [1.54, 1.807) is 12.1 Å². The molecule has 0 spiro atoms. The van der Waals surface area contributed by atoms with Crippen molar-refractivity contribution in [2.24, 2.45) is 5.92 Å². The number of fused-ring (bicyclic) bond motifs is 1. The molecular weight excluding hydrogens is 391 g/mol. The molecule has 1 saturated carbocycles. The van der Waals surface area contributed by atoms with Gasteiger partial charge in [0.25, 0.3) is 5.91 Å². The zero-order valence-corrected chi connectivity index (χ0v) is 18.6. The first-order valence-corrected chi connectivity index (χ1v) is 11.6. The minimum atomic E-state index is -0.737. The maximum absolute atomic E-state index is 13.8. The number of hydrogen-bond donors (Lipinski definition) is 1. The average Bonchev–Trinajstić information content (AvgIpc) is 2.79. The molecule has 2 aromatic carbocycles. The largest absolute Gasteiger partial charge is 0.389 e. The maximum Gasteiger partial charge on any atom is 0.254 e. The molecule has 2 fully saturated rings. The lowest BCUT2D eigenvalue weighted by molar-refractivity contribution is -0.115. The van der Waals surface area contributed by atoms with E-state index < -0.39 is 11.4 Å². The van der Waals surface area contributed by atoms with Gasteiger partial charge in [-0.2, -0.15) is 0 Å². The molecule has 1 heterocycles. The van der Waals surface area contributed by atoms with Gasteiger partial charge in [-0.1, -0.05) is 31.0 Å². The summed E-state index contributed by atoms with van der Waals surface area (Å²) in [5.41, 5.74) is 1.84. The van der Waals surface area contributed by atoms with Crippen molar-refractivity contribution in [3.8, 4) is 0 Å². The molecular formula is C26H33FN2O2. The highest BCUT2D eigenvalue weighted by atomic mass is 19.1. The summed E-state index contributed by atoms with van der Waals surface area (Å²) in [6.45, 7) is 6.63. The van der Waals surface area contributed by atoms with Crippen LogP contribution in [0.5, 0.6) is 0 Å². The number of benzene rings is 2. The third-order valence-electron chi connectivity index (χ3n) is 7.26. The topological polar surface area (TPSA) is 43.8 Å². The lowest BCUT2D eigenvalue weighted by Crippen LogP contribution is -2.56. The van der Waals surface area contributed by atoms with Crippen LogP contribution in [0.1, 0.15) is 67.9 Å². The minimum absolute atomic E-state index is 0.00758. The Morgan fingerprint density at radius 3 is 2.55 bits per heavy atom. The van der Waals surface area contributed by atoms with Gasteiger partial charge >= 0.3 is 0 Å². The van der Waals surface area contributed by atoms with Crippen molar-refractivity contribution in [2.75, 3.05) is 24.5 Å². The van der Waals surface area contributed by atoms with Gasteiger partial charge in [0.05, 0.1) is 11.6 Å². The molecule has 1 saturated heterocycles. The third kappa shape index (κ3) is 4.20. The number of carbonyl (C=O) groups is 1. The van der Waals surface area contributed by atoms with E-state index in [0.717, 1.165) is 50.0 Å². The molecule has 2 aliphatic rings. The van der Waals surface area contributed by atoms with E-state index in [2.05, 4.69) is 43.0 Å². The number of piperidine rings is 1. The Kier molecular flexibility index (Phi) is 6.33. The van der Waals surface area contributed by atoms with Crippen molar-refractivity contribution in [3.63, 3.8) is 0 Å². The van der Waals surface area contributed by atoms with Crippen molar-refractivity contribution in [1.82, 2.24) is 4.90 Å². The number of amides is 1. The smallest absolute Gasteiger partial charge is 0.254 e. The molecule has 0 radical (unpaired) electrons. The number of carbonyl (C=O) groups excluding carboxylic acids is 1. The average molecular weight is 425 g/mol. The fourth-order valence-corrected chi connectivity index (χ4v) is 5.58. The summed E-state index contributed by atoms with van der Waals surface area (Å²) < 4.78 is 13.8. The fourth-order valence-electron chi connectivity index (χ4n) is 5.58. The number of aliphatic hydroxyl groups is 1. The Bertz CT molecular complexity index is 912. The van der Waals surface area contributed by atoms with Crippen LogP contribution in [0, 0.1) is 11.7 Å². The lowest BCUT2D eigenvalue weighted by atomic mass is 9.66. The van der Waals surface area contributed by atoms with Gasteiger partial charge in [-0.3, -0.25) is 4.79 Å². The molecule has 3 atom stereocenters. The summed E-state index contributed by atoms with van der Waals surface area (Å²) in [5, 5.41) is 11.4. The summed E-state index contributed by atoms with van der Waals surface area (Å²) >= 11 is 0. The molecule has 1 amide bonds. The number of hydrogen-bond acceptors (Lipinski definition) is 3. The second kappa shape index (κ2) is 8.99. The zero-order valence-electron chi connectivity index (χ0n) is 18.6. The molecule has 5 heteroatoms. The number of likely N-dealkylation sites (tertiary alicyclic amines) is 1. The highest BCUT2D eigenvalue weighted by molar-refractivity contribution is 5.94. The van der Waals surface area contributed by atoms with Gasteiger partial charge in [0, 0.05) is 36.8 Å². The van der Waals surface area contributed by atoms with E-state index in [1.165, 1.54) is 12.1 Å². The first kappa shape index (κ1) is 21.8. The molecule has 166 valence electrons. The summed E-state index contributed by atoms with van der Waals surface area (Å²) in [5.74, 6) is -0.575. The van der Waals surface area contributed by atoms with Crippen LogP contribution in [-0.2, 0) is 0 Å². The number of halogens is 1. The number of rotatable bonds is 5. The molecule has 0 unspecified atom stereocenters. The van der Waals surface area contributed by atoms with E-state index in [9.17, 15) is 14.3 Å². The van der Waals surface area contributed by atoms with Crippen LogP contribution in [0.25, 0.3) is 0 Å². The van der Waals surface area contributed by atoms with Gasteiger partial charge in [-0.15, -0.1) is 0 Å². The van der Waals surface area contributed by atoms with Crippen molar-refractivity contribution < 1.29 is 14.3 Å². The Labute approximate surface area is 184 Å². The molecule has 1 aliphatic heterocycles. The predicted molar refractivity (Wildman–Crippen MR) is 122 cm³/mol. The van der Waals surface area contributed by atoms with Crippen molar-refractivity contribution >= 4 is 11.6 Å². The second-order valence-corrected chi connectivity index (χ2v) is 8.92. The highest BCUT2D eigenvalue weighted by Crippen LogP contribution is 2.49. The zero-order chi connectivity index (χ0) is 22.0. The van der Waals surface area contributed by atoms with Gasteiger partial charge in [-0.25, -0.2) is 4.39 Å². The van der Waals surface area contributed by atoms with Crippen molar-refractivity contribution in [1.29, 1.82) is 0 Å². The third-order valence-corrected chi connectivity index (χ3v) is 7.26. The van der Waals surface area contributed by atoms with E-state index in [4.69, 9.17) is 0 Å². The minimum Gasteiger partial charge on any atom is -0.389 e. The quantitative estimate of drug-likeness (QED) is 0.719. The molecule has 2 aromatic rings. The van der Waals surface area contributed by atoms with Crippen LogP contribution in [-0.4, -0.2) is 41.1 Å². The van der Waals surface area contributed by atoms with Gasteiger partial charge < -0.3 is 14.9 Å². The summed E-state index contributed by atoms with van der Waals surface area (Å²) in [4.78, 5) is 17.6. The second-order valence-electron chi connectivity index (χ2n) is 8.92. The lowest BCUT2D eigenvalue weighted by Gasteiger charge is -2.52. The maximum atomic E-state index is 13.8. The Balaban J connectivity index is 1.71. The van der Waals surface area contributed by atoms with Crippen molar-refractivity contribution in [3.05, 3.63) is 65.5 Å². The van der Waals surface area contributed by atoms with Gasteiger partial charge in [-0.05, 0) is 69.0 Å². The molecule has 0 bridgehead atoms. The van der Waals surface area contributed by atoms with E-state index in [1.807, 2.05) is 4.90 Å². The van der Waals surface area contributed by atoms with E-state index in [-0.39, 0.29) is 17.9 Å². The van der Waals surface area contributed by atoms with E-state index in [0.29, 0.717) is 18.5 Å². The molecule has 1 N–H and O–H groups in total. The van der Waals surface area contributed by atoms with Crippen molar-refractivity contribution in [2.45, 2.75) is 57.6 Å². The van der Waals surface area contributed by atoms with Crippen LogP contribution in [0.15, 0.2) is 48.5 Å². The SMILES string of the molecule is CCN(CC)c1ccc([C@H]2[C@H]3CCCC[C@]3(O)CCN2C(=O)c2cccc(F)c2)cc1.